The maximum absolute atomic E-state index is 12.7. The molecule has 1 atom stereocenters. The number of ether oxygens (including phenoxy) is 3. The van der Waals surface area contributed by atoms with E-state index in [1.54, 1.807) is 32.0 Å². The quantitative estimate of drug-likeness (QED) is 0.0682. The van der Waals surface area contributed by atoms with Gasteiger partial charge in [-0.05, 0) is 122 Å². The van der Waals surface area contributed by atoms with E-state index in [0.29, 0.717) is 40.1 Å². The van der Waals surface area contributed by atoms with Crippen molar-refractivity contribution in [2.45, 2.75) is 26.5 Å². The molecule has 1 aliphatic rings. The highest BCUT2D eigenvalue weighted by molar-refractivity contribution is 14.1. The van der Waals surface area contributed by atoms with Crippen molar-refractivity contribution in [3.8, 4) is 11.5 Å². The first-order valence-electron chi connectivity index (χ1n) is 13.0. The minimum absolute atomic E-state index is 0.227. The van der Waals surface area contributed by atoms with E-state index >= 15 is 0 Å². The van der Waals surface area contributed by atoms with Gasteiger partial charge in [0.1, 0.15) is 18.1 Å². The Balaban J connectivity index is 1.37. The third-order valence-corrected chi connectivity index (χ3v) is 8.19. The summed E-state index contributed by atoms with van der Waals surface area (Å²) in [4.78, 5) is 25.3. The van der Waals surface area contributed by atoms with Gasteiger partial charge in [0.2, 0.25) is 0 Å². The van der Waals surface area contributed by atoms with E-state index in [-0.39, 0.29) is 13.2 Å². The lowest BCUT2D eigenvalue weighted by Gasteiger charge is -2.30. The van der Waals surface area contributed by atoms with E-state index in [1.165, 1.54) is 6.21 Å². The van der Waals surface area contributed by atoms with Crippen molar-refractivity contribution in [2.75, 3.05) is 13.2 Å². The fraction of sp³-hybridized carbons (Fsp3) is 0.200. The number of halogens is 3. The molecule has 1 amide bonds. The Bertz CT molecular complexity index is 1560. The number of rotatable bonds is 11. The monoisotopic (exact) mass is 840 g/mol. The van der Waals surface area contributed by atoms with Crippen LogP contribution < -0.4 is 25.5 Å². The minimum atomic E-state index is -0.620. The number of para-hydroxylation sites is 1. The van der Waals surface area contributed by atoms with Crippen molar-refractivity contribution in [1.29, 1.82) is 0 Å². The fourth-order valence-corrected chi connectivity index (χ4v) is 6.22. The Labute approximate surface area is 285 Å². The molecule has 0 radical (unpaired) electrons. The van der Waals surface area contributed by atoms with Gasteiger partial charge >= 0.3 is 5.97 Å². The lowest BCUT2D eigenvalue weighted by atomic mass is 9.95. The largest absolute Gasteiger partial charge is 0.487 e. The second kappa shape index (κ2) is 15.6. The highest BCUT2D eigenvalue weighted by atomic mass is 127. The summed E-state index contributed by atoms with van der Waals surface area (Å²) < 4.78 is 19.7. The first-order valence-corrected chi connectivity index (χ1v) is 16.1. The van der Waals surface area contributed by atoms with Crippen molar-refractivity contribution in [3.05, 3.63) is 101 Å². The van der Waals surface area contributed by atoms with E-state index in [9.17, 15) is 9.59 Å². The number of hydrazone groups is 1. The third-order valence-electron chi connectivity index (χ3n) is 6.07. The zero-order chi connectivity index (χ0) is 30.9. The van der Waals surface area contributed by atoms with E-state index < -0.39 is 17.9 Å². The molecule has 3 aromatic carbocycles. The highest BCUT2D eigenvalue weighted by Crippen LogP contribution is 2.35. The van der Waals surface area contributed by atoms with Crippen molar-refractivity contribution in [2.24, 2.45) is 5.10 Å². The van der Waals surface area contributed by atoms with Gasteiger partial charge in [-0.2, -0.15) is 5.10 Å². The first kappa shape index (κ1) is 32.9. The molecule has 0 saturated carbocycles. The lowest BCUT2D eigenvalue weighted by Crippen LogP contribution is -2.45. The number of benzene rings is 3. The van der Waals surface area contributed by atoms with Gasteiger partial charge in [0.05, 0.1) is 33.4 Å². The minimum Gasteiger partial charge on any atom is -0.487 e. The van der Waals surface area contributed by atoms with Gasteiger partial charge in [-0.25, -0.2) is 10.2 Å². The molecule has 1 heterocycles. The zero-order valence-electron chi connectivity index (χ0n) is 23.1. The second-order valence-electron chi connectivity index (χ2n) is 9.14. The second-order valence-corrected chi connectivity index (χ2v) is 12.5. The van der Waals surface area contributed by atoms with Crippen LogP contribution in [-0.4, -0.2) is 36.4 Å². The number of amides is 1. The van der Waals surface area contributed by atoms with Gasteiger partial charge in [-0.3, -0.25) is 4.79 Å². The highest BCUT2D eigenvalue weighted by Gasteiger charge is 2.32. The number of allylic oxidation sites excluding steroid dienone is 1. The van der Waals surface area contributed by atoms with Gasteiger partial charge in [0, 0.05) is 14.8 Å². The topological polar surface area (TPSA) is 110 Å². The number of carbonyl (C=O) groups excluding carboxylic acids is 2. The van der Waals surface area contributed by atoms with Crippen LogP contribution in [0.25, 0.3) is 0 Å². The van der Waals surface area contributed by atoms with Gasteiger partial charge in [0.15, 0.2) is 11.7 Å². The van der Waals surface area contributed by atoms with Crippen LogP contribution >= 0.6 is 66.7 Å². The Kier molecular flexibility index (Phi) is 12.0. The molecule has 3 N–H and O–H groups in total. The average Bonchev–Trinajstić information content (AvgIpc) is 2.96. The number of hydrogen-bond donors (Lipinski definition) is 3. The number of hydrogen-bond acceptors (Lipinski definition) is 7. The Hall–Kier alpha value is -3.01. The summed E-state index contributed by atoms with van der Waals surface area (Å²) in [5, 5.41) is 10.5. The number of carbonyl (C=O) groups is 2. The molecule has 0 fully saturated rings. The average molecular weight is 842 g/mol. The molecule has 9 nitrogen and oxygen atoms in total. The van der Waals surface area contributed by atoms with Gasteiger partial charge < -0.3 is 24.8 Å². The molecule has 13 heteroatoms. The van der Waals surface area contributed by atoms with Gasteiger partial charge in [-0.1, -0.05) is 30.3 Å². The van der Waals surface area contributed by atoms with E-state index in [4.69, 9.17) is 26.4 Å². The lowest BCUT2D eigenvalue weighted by molar-refractivity contribution is -0.139. The van der Waals surface area contributed by atoms with Crippen LogP contribution in [0.4, 0.5) is 0 Å². The molecule has 3 aromatic rings. The van der Waals surface area contributed by atoms with E-state index in [1.807, 2.05) is 42.5 Å². The normalized spacial score (nSPS) is 14.6. The summed E-state index contributed by atoms with van der Waals surface area (Å²) in [5.41, 5.74) is 5.85. The predicted octanol–water partition coefficient (Wildman–Crippen LogP) is 6.28. The summed E-state index contributed by atoms with van der Waals surface area (Å²) in [6.45, 7) is 3.83. The number of thiocarbonyl (C=S) groups is 1. The summed E-state index contributed by atoms with van der Waals surface area (Å²) in [6.07, 6.45) is 1.52. The van der Waals surface area contributed by atoms with Gasteiger partial charge in [-0.15, -0.1) is 0 Å². The van der Waals surface area contributed by atoms with Crippen molar-refractivity contribution in [3.63, 3.8) is 0 Å². The summed E-state index contributed by atoms with van der Waals surface area (Å²) in [7, 11) is 0. The summed E-state index contributed by atoms with van der Waals surface area (Å²) >= 11 is 14.7. The molecule has 1 aliphatic heterocycles. The summed E-state index contributed by atoms with van der Waals surface area (Å²) in [6, 6.07) is 18.3. The van der Waals surface area contributed by atoms with Crippen LogP contribution in [0.1, 0.15) is 36.6 Å². The van der Waals surface area contributed by atoms with Crippen molar-refractivity contribution in [1.82, 2.24) is 16.1 Å². The molecular weight excluding hydrogens is 815 g/mol. The SMILES string of the molecule is CCOC(=O)C1=C(C)NC(=S)N[C@H]1c1ccccc1OCC(=O)NN=Cc1cc(Br)c(OCc2ccc(I)cc2)c(Br)c1. The third kappa shape index (κ3) is 9.00. The maximum atomic E-state index is 12.7. The molecule has 0 spiro atoms. The molecule has 0 saturated heterocycles. The van der Waals surface area contributed by atoms with Crippen LogP contribution in [0.3, 0.4) is 0 Å². The standard InChI is InChI=1S/C30H27Br2IN4O5S/c1-3-40-29(39)26-17(2)35-30(43)36-27(26)21-6-4-5-7-24(21)41-16-25(38)37-34-14-19-12-22(31)28(23(32)13-19)42-15-18-8-10-20(33)11-9-18/h4-14,27H,3,15-16H2,1-2H3,(H,37,38)(H2,35,36,43)/t27-/m0/s1. The first-order chi connectivity index (χ1) is 20.7. The van der Waals surface area contributed by atoms with Crippen LogP contribution in [0.15, 0.2) is 86.0 Å². The van der Waals surface area contributed by atoms with Crippen LogP contribution in [0.5, 0.6) is 11.5 Å². The molecule has 0 bridgehead atoms. The number of nitrogens with one attached hydrogen (secondary N) is 3. The number of nitrogens with zero attached hydrogens (tertiary/aromatic N) is 1. The van der Waals surface area contributed by atoms with E-state index in [2.05, 4.69) is 75.6 Å². The molecular formula is C30H27Br2IN4O5S. The molecule has 0 aromatic heterocycles. The molecule has 0 aliphatic carbocycles. The maximum Gasteiger partial charge on any atom is 0.338 e. The molecule has 43 heavy (non-hydrogen) atoms. The van der Waals surface area contributed by atoms with Crippen molar-refractivity contribution < 1.29 is 23.8 Å². The molecule has 224 valence electrons. The molecule has 0 unspecified atom stereocenters. The van der Waals surface area contributed by atoms with Gasteiger partial charge in [0.25, 0.3) is 5.91 Å². The van der Waals surface area contributed by atoms with Crippen LogP contribution in [0.2, 0.25) is 0 Å². The smallest absolute Gasteiger partial charge is 0.338 e. The molecule has 4 rings (SSSR count). The Morgan fingerprint density at radius 1 is 1.09 bits per heavy atom. The van der Waals surface area contributed by atoms with E-state index in [0.717, 1.165) is 23.6 Å². The van der Waals surface area contributed by atoms with Crippen LogP contribution in [-0.2, 0) is 20.9 Å². The number of esters is 1. The Morgan fingerprint density at radius 2 is 1.79 bits per heavy atom. The van der Waals surface area contributed by atoms with Crippen molar-refractivity contribution >= 4 is 89.9 Å². The van der Waals surface area contributed by atoms with Crippen LogP contribution in [0, 0.1) is 3.57 Å². The summed E-state index contributed by atoms with van der Waals surface area (Å²) in [5.74, 6) is 0.130. The predicted molar refractivity (Wildman–Crippen MR) is 184 cm³/mol. The fourth-order valence-electron chi connectivity index (χ4n) is 4.14. The zero-order valence-corrected chi connectivity index (χ0v) is 29.2. The Morgan fingerprint density at radius 3 is 2.49 bits per heavy atom.